The van der Waals surface area contributed by atoms with Crippen LogP contribution in [0.15, 0.2) is 42.6 Å². The minimum atomic E-state index is -0.469. The largest absolute Gasteiger partial charge is 0.497 e. The lowest BCUT2D eigenvalue weighted by atomic mass is 10.2. The van der Waals surface area contributed by atoms with Crippen molar-refractivity contribution in [2.45, 2.75) is 26.8 Å². The summed E-state index contributed by atoms with van der Waals surface area (Å²) in [6.07, 6.45) is 1.86. The van der Waals surface area contributed by atoms with Crippen molar-refractivity contribution < 1.29 is 19.1 Å². The second-order valence-corrected chi connectivity index (χ2v) is 6.67. The smallest absolute Gasteiger partial charge is 0.415 e. The highest BCUT2D eigenvalue weighted by Crippen LogP contribution is 2.24. The zero-order valence-electron chi connectivity index (χ0n) is 17.6. The molecule has 1 N–H and O–H groups in total. The number of pyridine rings is 1. The molecule has 8 nitrogen and oxygen atoms in total. The van der Waals surface area contributed by atoms with Gasteiger partial charge in [-0.15, -0.1) is 0 Å². The van der Waals surface area contributed by atoms with E-state index >= 15 is 0 Å². The van der Waals surface area contributed by atoms with Crippen molar-refractivity contribution in [3.63, 3.8) is 0 Å². The monoisotopic (exact) mass is 410 g/mol. The van der Waals surface area contributed by atoms with Gasteiger partial charge in [0.2, 0.25) is 0 Å². The number of nitrogens with one attached hydrogen (secondary N) is 1. The Balaban J connectivity index is 1.84. The second-order valence-electron chi connectivity index (χ2n) is 6.67. The molecule has 0 unspecified atom stereocenters. The van der Waals surface area contributed by atoms with Crippen LogP contribution in [0.1, 0.15) is 35.5 Å². The number of anilines is 1. The number of methoxy groups -OCH3 is 1. The van der Waals surface area contributed by atoms with Gasteiger partial charge in [0.05, 0.1) is 25.0 Å². The molecule has 0 bridgehead atoms. The summed E-state index contributed by atoms with van der Waals surface area (Å²) in [7, 11) is 3.25. The fraction of sp³-hybridized carbons (Fsp3) is 0.318. The lowest BCUT2D eigenvalue weighted by Crippen LogP contribution is -2.29. The van der Waals surface area contributed by atoms with Crippen LogP contribution in [0.4, 0.5) is 10.6 Å². The molecule has 0 aliphatic rings. The zero-order valence-corrected chi connectivity index (χ0v) is 17.6. The van der Waals surface area contributed by atoms with E-state index in [-0.39, 0.29) is 12.5 Å². The summed E-state index contributed by atoms with van der Waals surface area (Å²) in [4.78, 5) is 30.9. The van der Waals surface area contributed by atoms with Gasteiger partial charge in [-0.3, -0.25) is 14.1 Å². The molecule has 0 aliphatic heterocycles. The van der Waals surface area contributed by atoms with Gasteiger partial charge in [-0.05, 0) is 43.2 Å². The van der Waals surface area contributed by atoms with Gasteiger partial charge in [-0.1, -0.05) is 19.1 Å². The minimum absolute atomic E-state index is 0.218. The van der Waals surface area contributed by atoms with Crippen molar-refractivity contribution in [2.75, 3.05) is 25.7 Å². The van der Waals surface area contributed by atoms with Crippen LogP contribution >= 0.6 is 0 Å². The Kier molecular flexibility index (Phi) is 6.56. The number of ether oxygens (including phenoxy) is 2. The standard InChI is InChI=1S/C22H26N4O4/c1-5-18-21(25(3)22(28)30-6-2)26-14-16(9-12-19(26)24-18)20(27)23-13-15-7-10-17(29-4)11-8-15/h7-12,14H,5-6,13H2,1-4H3,(H,23,27). The van der Waals surface area contributed by atoms with Gasteiger partial charge in [-0.25, -0.2) is 9.78 Å². The molecule has 0 atom stereocenters. The van der Waals surface area contributed by atoms with Gasteiger partial charge < -0.3 is 14.8 Å². The number of fused-ring (bicyclic) bond motifs is 1. The summed E-state index contributed by atoms with van der Waals surface area (Å²) in [6, 6.07) is 11.0. The molecule has 0 fully saturated rings. The highest BCUT2D eigenvalue weighted by Gasteiger charge is 2.21. The molecule has 2 heterocycles. The number of rotatable bonds is 7. The molecule has 2 amide bonds. The normalized spacial score (nSPS) is 10.7. The Morgan fingerprint density at radius 2 is 1.87 bits per heavy atom. The third-order valence-corrected chi connectivity index (χ3v) is 4.73. The van der Waals surface area contributed by atoms with Gasteiger partial charge >= 0.3 is 6.09 Å². The average Bonchev–Trinajstić information content (AvgIpc) is 3.15. The summed E-state index contributed by atoms with van der Waals surface area (Å²) in [5.41, 5.74) is 2.84. The topological polar surface area (TPSA) is 85.2 Å². The van der Waals surface area contributed by atoms with Gasteiger partial charge in [0, 0.05) is 19.8 Å². The quantitative estimate of drug-likeness (QED) is 0.645. The molecule has 0 radical (unpaired) electrons. The van der Waals surface area contributed by atoms with Crippen LogP contribution in [0.2, 0.25) is 0 Å². The Morgan fingerprint density at radius 3 is 2.50 bits per heavy atom. The number of carbonyl (C=O) groups is 2. The van der Waals surface area contributed by atoms with Crippen molar-refractivity contribution in [1.29, 1.82) is 0 Å². The highest BCUT2D eigenvalue weighted by molar-refractivity contribution is 5.94. The van der Waals surface area contributed by atoms with Crippen molar-refractivity contribution in [1.82, 2.24) is 14.7 Å². The number of aromatic nitrogens is 2. The van der Waals surface area contributed by atoms with Crippen LogP contribution in [0.3, 0.4) is 0 Å². The number of hydrogen-bond donors (Lipinski definition) is 1. The first kappa shape index (κ1) is 21.2. The molecule has 3 rings (SSSR count). The van der Waals surface area contributed by atoms with Crippen molar-refractivity contribution in [3.05, 3.63) is 59.4 Å². The van der Waals surface area contributed by atoms with E-state index in [0.717, 1.165) is 17.0 Å². The fourth-order valence-corrected chi connectivity index (χ4v) is 3.14. The van der Waals surface area contributed by atoms with Crippen LogP contribution < -0.4 is 15.0 Å². The Labute approximate surface area is 175 Å². The average molecular weight is 410 g/mol. The van der Waals surface area contributed by atoms with Gasteiger partial charge in [0.25, 0.3) is 5.91 Å². The maximum absolute atomic E-state index is 12.7. The van der Waals surface area contributed by atoms with Crippen LogP contribution in [-0.2, 0) is 17.7 Å². The SMILES string of the molecule is CCOC(=O)N(C)c1c(CC)nc2ccc(C(=O)NCc3ccc(OC)cc3)cn12. The van der Waals surface area contributed by atoms with Crippen LogP contribution in [0.5, 0.6) is 5.75 Å². The maximum atomic E-state index is 12.7. The van der Waals surface area contributed by atoms with E-state index in [9.17, 15) is 9.59 Å². The van der Waals surface area contributed by atoms with E-state index in [4.69, 9.17) is 9.47 Å². The molecule has 0 saturated carbocycles. The van der Waals surface area contributed by atoms with Crippen molar-refractivity contribution in [3.8, 4) is 5.75 Å². The van der Waals surface area contributed by atoms with Crippen LogP contribution in [0.25, 0.3) is 5.65 Å². The van der Waals surface area contributed by atoms with E-state index in [1.165, 1.54) is 4.90 Å². The first-order chi connectivity index (χ1) is 14.5. The van der Waals surface area contributed by atoms with Crippen LogP contribution in [-0.4, -0.2) is 42.1 Å². The molecular weight excluding hydrogens is 384 g/mol. The third kappa shape index (κ3) is 4.37. The lowest BCUT2D eigenvalue weighted by molar-refractivity contribution is 0.0950. The summed E-state index contributed by atoms with van der Waals surface area (Å²) < 4.78 is 12.0. The summed E-state index contributed by atoms with van der Waals surface area (Å²) in [5, 5.41) is 2.91. The summed E-state index contributed by atoms with van der Waals surface area (Å²) in [5.74, 6) is 1.14. The predicted octanol–water partition coefficient (Wildman–Crippen LogP) is 3.43. The minimum Gasteiger partial charge on any atom is -0.497 e. The number of benzene rings is 1. The lowest BCUT2D eigenvalue weighted by Gasteiger charge is -2.17. The van der Waals surface area contributed by atoms with Crippen molar-refractivity contribution >= 4 is 23.5 Å². The molecule has 2 aromatic heterocycles. The van der Waals surface area contributed by atoms with E-state index in [1.54, 1.807) is 43.8 Å². The molecule has 8 heteroatoms. The predicted molar refractivity (Wildman–Crippen MR) is 114 cm³/mol. The maximum Gasteiger partial charge on any atom is 0.415 e. The van der Waals surface area contributed by atoms with E-state index in [1.807, 2.05) is 31.2 Å². The highest BCUT2D eigenvalue weighted by atomic mass is 16.6. The summed E-state index contributed by atoms with van der Waals surface area (Å²) in [6.45, 7) is 4.39. The van der Waals surface area contributed by atoms with E-state index < -0.39 is 6.09 Å². The Morgan fingerprint density at radius 1 is 1.13 bits per heavy atom. The number of carbonyl (C=O) groups excluding carboxylic acids is 2. The second kappa shape index (κ2) is 9.30. The molecule has 0 spiro atoms. The Bertz CT molecular complexity index is 1040. The molecular formula is C22H26N4O4. The Hall–Kier alpha value is -3.55. The first-order valence-electron chi connectivity index (χ1n) is 9.81. The summed E-state index contributed by atoms with van der Waals surface area (Å²) >= 11 is 0. The van der Waals surface area contributed by atoms with Crippen LogP contribution in [0, 0.1) is 0 Å². The zero-order chi connectivity index (χ0) is 21.7. The molecule has 3 aromatic rings. The van der Waals surface area contributed by atoms with Gasteiger partial charge in [0.1, 0.15) is 17.2 Å². The van der Waals surface area contributed by atoms with Gasteiger partial charge in [0.15, 0.2) is 0 Å². The third-order valence-electron chi connectivity index (χ3n) is 4.73. The molecule has 0 aliphatic carbocycles. The van der Waals surface area contributed by atoms with E-state index in [2.05, 4.69) is 10.3 Å². The number of nitrogens with zero attached hydrogens (tertiary/aromatic N) is 3. The number of amides is 2. The van der Waals surface area contributed by atoms with Crippen molar-refractivity contribution in [2.24, 2.45) is 0 Å². The molecule has 158 valence electrons. The fourth-order valence-electron chi connectivity index (χ4n) is 3.14. The number of aryl methyl sites for hydroxylation is 1. The first-order valence-corrected chi connectivity index (χ1v) is 9.81. The molecule has 30 heavy (non-hydrogen) atoms. The van der Waals surface area contributed by atoms with E-state index in [0.29, 0.717) is 30.0 Å². The van der Waals surface area contributed by atoms with Gasteiger partial charge in [-0.2, -0.15) is 0 Å². The molecule has 0 saturated heterocycles. The number of hydrogen-bond acceptors (Lipinski definition) is 5. The number of imidazole rings is 1. The molecule has 1 aromatic carbocycles.